The van der Waals surface area contributed by atoms with Crippen LogP contribution in [0.4, 0.5) is 15.6 Å². The highest BCUT2D eigenvalue weighted by atomic mass is 32.1. The van der Waals surface area contributed by atoms with Crippen molar-refractivity contribution >= 4 is 34.1 Å². The van der Waals surface area contributed by atoms with Crippen LogP contribution in [0.3, 0.4) is 0 Å². The van der Waals surface area contributed by atoms with Gasteiger partial charge in [0.25, 0.3) is 5.91 Å². The zero-order valence-corrected chi connectivity index (χ0v) is 22.3. The number of fused-ring (bicyclic) bond motifs is 1. The average Bonchev–Trinajstić information content (AvgIpc) is 3.59. The van der Waals surface area contributed by atoms with Gasteiger partial charge in [0.1, 0.15) is 0 Å². The molecule has 5 rings (SSSR count). The van der Waals surface area contributed by atoms with E-state index in [1.165, 1.54) is 4.88 Å². The molecular weight excluding hydrogens is 496 g/mol. The van der Waals surface area contributed by atoms with E-state index in [9.17, 15) is 9.59 Å². The summed E-state index contributed by atoms with van der Waals surface area (Å²) in [5, 5.41) is 19.3. The molecule has 8 nitrogen and oxygen atoms in total. The summed E-state index contributed by atoms with van der Waals surface area (Å²) in [5.41, 5.74) is 3.66. The number of nitrogens with zero attached hydrogens (tertiary/aromatic N) is 3. The molecule has 1 fully saturated rings. The molecule has 0 saturated carbocycles. The Morgan fingerprint density at radius 1 is 1.16 bits per heavy atom. The summed E-state index contributed by atoms with van der Waals surface area (Å²) < 4.78 is 0. The van der Waals surface area contributed by atoms with Crippen LogP contribution in [-0.4, -0.2) is 41.0 Å². The van der Waals surface area contributed by atoms with Gasteiger partial charge in [0, 0.05) is 28.7 Å². The number of hydrogen-bond donors (Lipinski definition) is 3. The molecule has 38 heavy (non-hydrogen) atoms. The number of benzene rings is 2. The summed E-state index contributed by atoms with van der Waals surface area (Å²) in [6.07, 6.45) is 5.78. The van der Waals surface area contributed by atoms with Gasteiger partial charge in [-0.15, -0.1) is 11.3 Å². The Labute approximate surface area is 227 Å². The lowest BCUT2D eigenvalue weighted by Gasteiger charge is -2.25. The lowest BCUT2D eigenvalue weighted by Crippen LogP contribution is -2.34. The molecule has 1 aliphatic carbocycles. The van der Waals surface area contributed by atoms with E-state index < -0.39 is 0 Å². The molecule has 0 spiro atoms. The maximum atomic E-state index is 13.1. The Hall–Kier alpha value is -3.74. The molecule has 0 radical (unpaired) electrons. The minimum absolute atomic E-state index is 0.123. The van der Waals surface area contributed by atoms with Gasteiger partial charge in [-0.1, -0.05) is 25.1 Å². The molecule has 1 saturated heterocycles. The molecule has 2 atom stereocenters. The second kappa shape index (κ2) is 11.8. The molecule has 9 heteroatoms. The molecule has 1 aliphatic heterocycles. The van der Waals surface area contributed by atoms with Gasteiger partial charge in [-0.2, -0.15) is 5.26 Å². The molecule has 2 heterocycles. The van der Waals surface area contributed by atoms with Crippen molar-refractivity contribution < 1.29 is 9.59 Å². The number of nitrogens with one attached hydrogen (secondary N) is 3. The number of nitriles is 1. The summed E-state index contributed by atoms with van der Waals surface area (Å²) in [4.78, 5) is 34.0. The van der Waals surface area contributed by atoms with Crippen LogP contribution in [0.25, 0.3) is 0 Å². The normalized spacial score (nSPS) is 18.5. The second-order valence-electron chi connectivity index (χ2n) is 9.84. The molecule has 2 aliphatic rings. The van der Waals surface area contributed by atoms with E-state index in [4.69, 9.17) is 10.2 Å². The first kappa shape index (κ1) is 25.9. The number of hydrogen-bond acceptors (Lipinski definition) is 6. The van der Waals surface area contributed by atoms with Gasteiger partial charge >= 0.3 is 6.03 Å². The third-order valence-corrected chi connectivity index (χ3v) is 8.17. The van der Waals surface area contributed by atoms with Gasteiger partial charge in [0.05, 0.1) is 23.4 Å². The first-order valence-corrected chi connectivity index (χ1v) is 14.1. The largest absolute Gasteiger partial charge is 0.322 e. The van der Waals surface area contributed by atoms with Crippen LogP contribution >= 0.6 is 11.3 Å². The quantitative estimate of drug-likeness (QED) is 0.375. The number of carbonyl (C=O) groups is 2. The maximum Gasteiger partial charge on any atom is 0.322 e. The van der Waals surface area contributed by atoms with Gasteiger partial charge < -0.3 is 15.5 Å². The standard InChI is InChI=1S/C29H32N6O2S/c1-2-13-31-22-11-12-24-26(17-22)38-28(33-24)34-27(36)21-8-4-7-20(16-21)25-10-5-14-35(25)29(37)32-23-9-3-6-19(15-23)18-30/h3-4,6-9,15-16,22,25,31H,2,5,10-14,17H2,1H3,(H,32,37)(H,33,34,36). The zero-order valence-electron chi connectivity index (χ0n) is 21.5. The first-order valence-electron chi connectivity index (χ1n) is 13.2. The highest BCUT2D eigenvalue weighted by Gasteiger charge is 2.30. The highest BCUT2D eigenvalue weighted by Crippen LogP contribution is 2.34. The topological polar surface area (TPSA) is 110 Å². The van der Waals surface area contributed by atoms with Crippen molar-refractivity contribution in [2.24, 2.45) is 0 Å². The Kier molecular flexibility index (Phi) is 8.01. The number of urea groups is 1. The molecule has 2 unspecified atom stereocenters. The van der Waals surface area contributed by atoms with E-state index in [0.717, 1.165) is 56.3 Å². The van der Waals surface area contributed by atoms with Crippen molar-refractivity contribution in [1.29, 1.82) is 5.26 Å². The number of carbonyl (C=O) groups excluding carboxylic acids is 2. The summed E-state index contributed by atoms with van der Waals surface area (Å²) in [7, 11) is 0. The maximum absolute atomic E-state index is 13.1. The second-order valence-corrected chi connectivity index (χ2v) is 10.9. The van der Waals surface area contributed by atoms with Crippen LogP contribution in [-0.2, 0) is 12.8 Å². The third-order valence-electron chi connectivity index (χ3n) is 7.13. The lowest BCUT2D eigenvalue weighted by atomic mass is 9.98. The number of likely N-dealkylation sites (tertiary alicyclic amines) is 1. The molecule has 3 N–H and O–H groups in total. The summed E-state index contributed by atoms with van der Waals surface area (Å²) in [6.45, 7) is 3.82. The number of anilines is 2. The molecule has 1 aromatic heterocycles. The molecule has 3 amide bonds. The van der Waals surface area contributed by atoms with Crippen LogP contribution < -0.4 is 16.0 Å². The van der Waals surface area contributed by atoms with Crippen LogP contribution in [0.5, 0.6) is 0 Å². The van der Waals surface area contributed by atoms with Gasteiger partial charge in [0.15, 0.2) is 5.13 Å². The predicted molar refractivity (Wildman–Crippen MR) is 149 cm³/mol. The average molecular weight is 529 g/mol. The van der Waals surface area contributed by atoms with Gasteiger partial charge in [-0.3, -0.25) is 10.1 Å². The molecule has 3 aromatic rings. The fraction of sp³-hybridized carbons (Fsp3) is 0.379. The summed E-state index contributed by atoms with van der Waals surface area (Å²) in [6, 6.07) is 16.6. The highest BCUT2D eigenvalue weighted by molar-refractivity contribution is 7.15. The van der Waals surface area contributed by atoms with Gasteiger partial charge in [-0.05, 0) is 81.0 Å². The summed E-state index contributed by atoms with van der Waals surface area (Å²) in [5.74, 6) is -0.194. The van der Waals surface area contributed by atoms with Crippen molar-refractivity contribution in [1.82, 2.24) is 15.2 Å². The Morgan fingerprint density at radius 2 is 2.03 bits per heavy atom. The monoisotopic (exact) mass is 528 g/mol. The summed E-state index contributed by atoms with van der Waals surface area (Å²) >= 11 is 1.57. The Bertz CT molecular complexity index is 1360. The van der Waals surface area contributed by atoms with E-state index in [-0.39, 0.29) is 18.0 Å². The van der Waals surface area contributed by atoms with E-state index in [1.807, 2.05) is 18.2 Å². The van der Waals surface area contributed by atoms with E-state index in [1.54, 1.807) is 46.6 Å². The SMILES string of the molecule is CCCNC1CCc2nc(NC(=O)c3cccc(C4CCCN4C(=O)Nc4cccc(C#N)c4)c3)sc2C1. The molecule has 2 aromatic carbocycles. The number of thiazole rings is 1. The Morgan fingerprint density at radius 3 is 2.87 bits per heavy atom. The molecular formula is C29H32N6O2S. The van der Waals surface area contributed by atoms with E-state index in [0.29, 0.717) is 34.5 Å². The van der Waals surface area contributed by atoms with Crippen LogP contribution in [0.1, 0.15) is 70.7 Å². The van der Waals surface area contributed by atoms with E-state index >= 15 is 0 Å². The van der Waals surface area contributed by atoms with Crippen LogP contribution in [0.2, 0.25) is 0 Å². The minimum atomic E-state index is -0.211. The minimum Gasteiger partial charge on any atom is -0.317 e. The van der Waals surface area contributed by atoms with Gasteiger partial charge in [-0.25, -0.2) is 9.78 Å². The van der Waals surface area contributed by atoms with E-state index in [2.05, 4.69) is 28.9 Å². The predicted octanol–water partition coefficient (Wildman–Crippen LogP) is 5.49. The van der Waals surface area contributed by atoms with Crippen molar-refractivity contribution in [3.8, 4) is 6.07 Å². The van der Waals surface area contributed by atoms with Crippen molar-refractivity contribution in [2.45, 2.75) is 57.5 Å². The number of aromatic nitrogens is 1. The number of aryl methyl sites for hydroxylation is 1. The fourth-order valence-corrected chi connectivity index (χ4v) is 6.31. The number of rotatable bonds is 7. The van der Waals surface area contributed by atoms with Crippen LogP contribution in [0.15, 0.2) is 48.5 Å². The smallest absolute Gasteiger partial charge is 0.317 e. The van der Waals surface area contributed by atoms with Crippen molar-refractivity contribution in [3.05, 3.63) is 75.8 Å². The molecule has 196 valence electrons. The molecule has 0 bridgehead atoms. The first-order chi connectivity index (χ1) is 18.5. The number of amides is 3. The van der Waals surface area contributed by atoms with Gasteiger partial charge in [0.2, 0.25) is 0 Å². The zero-order chi connectivity index (χ0) is 26.5. The lowest BCUT2D eigenvalue weighted by molar-refractivity contribution is 0.102. The fourth-order valence-electron chi connectivity index (χ4n) is 5.23. The van der Waals surface area contributed by atoms with Crippen molar-refractivity contribution in [3.63, 3.8) is 0 Å². The van der Waals surface area contributed by atoms with Crippen LogP contribution in [0, 0.1) is 11.3 Å². The Balaban J connectivity index is 1.25. The third kappa shape index (κ3) is 5.87. The van der Waals surface area contributed by atoms with Crippen molar-refractivity contribution in [2.75, 3.05) is 23.7 Å².